The van der Waals surface area contributed by atoms with E-state index in [2.05, 4.69) is 97.1 Å². The Kier molecular flexibility index (Phi) is 6.64. The fraction of sp³-hybridized carbons (Fsp3) is 0. The Bertz CT molecular complexity index is 2860. The number of para-hydroxylation sites is 2. The van der Waals surface area contributed by atoms with Crippen LogP contribution >= 0.6 is 11.3 Å². The summed E-state index contributed by atoms with van der Waals surface area (Å²) in [5.41, 5.74) is 9.12. The van der Waals surface area contributed by atoms with Gasteiger partial charge in [0.15, 0.2) is 17.5 Å². The van der Waals surface area contributed by atoms with E-state index >= 15 is 0 Å². The van der Waals surface area contributed by atoms with Crippen molar-refractivity contribution in [3.8, 4) is 56.4 Å². The van der Waals surface area contributed by atoms with Gasteiger partial charge >= 0.3 is 0 Å². The van der Waals surface area contributed by atoms with E-state index in [9.17, 15) is 0 Å². The van der Waals surface area contributed by atoms with Crippen LogP contribution in [-0.4, -0.2) is 15.0 Å². The molecule has 0 unspecified atom stereocenters. The molecule has 3 heterocycles. The van der Waals surface area contributed by atoms with Gasteiger partial charge in [-0.25, -0.2) is 15.0 Å². The second-order valence-corrected chi connectivity index (χ2v) is 13.5. The van der Waals surface area contributed by atoms with Crippen molar-refractivity contribution in [2.24, 2.45) is 0 Å². The molecular formula is C45H27N3OS. The molecule has 0 saturated carbocycles. The minimum atomic E-state index is 0.578. The summed E-state index contributed by atoms with van der Waals surface area (Å²) in [6.45, 7) is 0. The number of nitrogens with zero attached hydrogens (tertiary/aromatic N) is 3. The molecule has 10 rings (SSSR count). The average molecular weight is 658 g/mol. The molecule has 3 aromatic heterocycles. The van der Waals surface area contributed by atoms with Gasteiger partial charge in [0.25, 0.3) is 0 Å². The topological polar surface area (TPSA) is 51.8 Å². The molecule has 0 bridgehead atoms. The maximum Gasteiger partial charge on any atom is 0.167 e. The Morgan fingerprint density at radius 3 is 1.76 bits per heavy atom. The van der Waals surface area contributed by atoms with Crippen molar-refractivity contribution in [3.05, 3.63) is 164 Å². The van der Waals surface area contributed by atoms with E-state index in [1.54, 1.807) is 11.3 Å². The molecule has 0 aliphatic carbocycles. The molecule has 0 aliphatic rings. The van der Waals surface area contributed by atoms with Crippen LogP contribution < -0.4 is 0 Å². The smallest absolute Gasteiger partial charge is 0.167 e. The Hall–Kier alpha value is -6.43. The second-order valence-electron chi connectivity index (χ2n) is 12.4. The van der Waals surface area contributed by atoms with Gasteiger partial charge in [-0.3, -0.25) is 0 Å². The van der Waals surface area contributed by atoms with E-state index in [4.69, 9.17) is 19.4 Å². The Morgan fingerprint density at radius 1 is 0.380 bits per heavy atom. The zero-order chi connectivity index (χ0) is 33.0. The standard InChI is InChI=1S/C45H27N3OS/c1-3-11-28(12-4-1)29-21-23-30(24-22-29)32-25-26-39-37(27-32)41-35(17-10-20-40(41)50-39)44-46-43(31-13-5-2-6-14-31)47-45(48-44)36-18-9-16-34-33-15-7-8-19-38(33)49-42(34)36/h1-27H. The summed E-state index contributed by atoms with van der Waals surface area (Å²) in [6.07, 6.45) is 0. The molecule has 234 valence electrons. The third-order valence-electron chi connectivity index (χ3n) is 9.37. The van der Waals surface area contributed by atoms with E-state index in [0.29, 0.717) is 17.5 Å². The molecule has 0 saturated heterocycles. The van der Waals surface area contributed by atoms with Crippen molar-refractivity contribution >= 4 is 53.4 Å². The lowest BCUT2D eigenvalue weighted by Gasteiger charge is -2.10. The fourth-order valence-electron chi connectivity index (χ4n) is 6.93. The van der Waals surface area contributed by atoms with E-state index in [1.807, 2.05) is 66.7 Å². The number of rotatable bonds is 5. The molecule has 0 aliphatic heterocycles. The molecule has 10 aromatic rings. The number of furan rings is 1. The first kappa shape index (κ1) is 28.6. The van der Waals surface area contributed by atoms with Gasteiger partial charge in [-0.15, -0.1) is 11.3 Å². The lowest BCUT2D eigenvalue weighted by molar-refractivity contribution is 0.669. The molecule has 7 aromatic carbocycles. The highest BCUT2D eigenvalue weighted by Gasteiger charge is 2.20. The molecular weight excluding hydrogens is 631 g/mol. The van der Waals surface area contributed by atoms with Gasteiger partial charge in [0.2, 0.25) is 0 Å². The predicted octanol–water partition coefficient (Wildman–Crippen LogP) is 12.5. The highest BCUT2D eigenvalue weighted by atomic mass is 32.1. The Balaban J connectivity index is 1.16. The summed E-state index contributed by atoms with van der Waals surface area (Å²) < 4.78 is 8.85. The van der Waals surface area contributed by atoms with Crippen LogP contribution in [0.25, 0.3) is 98.5 Å². The number of fused-ring (bicyclic) bond motifs is 6. The van der Waals surface area contributed by atoms with Crippen LogP contribution in [0.1, 0.15) is 0 Å². The van der Waals surface area contributed by atoms with Crippen molar-refractivity contribution in [2.45, 2.75) is 0 Å². The summed E-state index contributed by atoms with van der Waals surface area (Å²) in [6, 6.07) is 56.9. The first-order valence-corrected chi connectivity index (χ1v) is 17.4. The van der Waals surface area contributed by atoms with E-state index < -0.39 is 0 Å². The van der Waals surface area contributed by atoms with Crippen molar-refractivity contribution in [1.29, 1.82) is 0 Å². The minimum absolute atomic E-state index is 0.578. The van der Waals surface area contributed by atoms with Crippen LogP contribution in [0.3, 0.4) is 0 Å². The van der Waals surface area contributed by atoms with Gasteiger partial charge in [-0.2, -0.15) is 0 Å². The van der Waals surface area contributed by atoms with E-state index in [-0.39, 0.29) is 0 Å². The molecule has 4 nitrogen and oxygen atoms in total. The van der Waals surface area contributed by atoms with Crippen LogP contribution in [0.15, 0.2) is 168 Å². The quantitative estimate of drug-likeness (QED) is 0.185. The van der Waals surface area contributed by atoms with E-state index in [0.717, 1.165) is 44.0 Å². The summed E-state index contributed by atoms with van der Waals surface area (Å²) in [4.78, 5) is 15.4. The summed E-state index contributed by atoms with van der Waals surface area (Å²) >= 11 is 1.79. The van der Waals surface area contributed by atoms with Crippen LogP contribution in [0, 0.1) is 0 Å². The van der Waals surface area contributed by atoms with Gasteiger partial charge in [0.05, 0.1) is 5.56 Å². The summed E-state index contributed by atoms with van der Waals surface area (Å²) in [5.74, 6) is 1.83. The maximum atomic E-state index is 6.43. The largest absolute Gasteiger partial charge is 0.455 e. The number of hydrogen-bond donors (Lipinski definition) is 0. The molecule has 0 radical (unpaired) electrons. The maximum absolute atomic E-state index is 6.43. The fourth-order valence-corrected chi connectivity index (χ4v) is 8.05. The number of benzene rings is 7. The first-order chi connectivity index (χ1) is 24.8. The van der Waals surface area contributed by atoms with Crippen molar-refractivity contribution in [3.63, 3.8) is 0 Å². The molecule has 0 amide bonds. The molecule has 0 spiro atoms. The summed E-state index contributed by atoms with van der Waals surface area (Å²) in [7, 11) is 0. The SMILES string of the molecule is c1ccc(-c2ccc(-c3ccc4sc5cccc(-c6nc(-c7ccccc7)nc(-c7cccc8c7oc7ccccc78)n6)c5c4c3)cc2)cc1. The highest BCUT2D eigenvalue weighted by Crippen LogP contribution is 2.42. The van der Waals surface area contributed by atoms with Crippen LogP contribution in [0.4, 0.5) is 0 Å². The van der Waals surface area contributed by atoms with Crippen LogP contribution in [0.5, 0.6) is 0 Å². The normalized spacial score (nSPS) is 11.6. The third-order valence-corrected chi connectivity index (χ3v) is 10.5. The zero-order valence-electron chi connectivity index (χ0n) is 26.7. The van der Waals surface area contributed by atoms with Gasteiger partial charge in [0, 0.05) is 42.1 Å². The van der Waals surface area contributed by atoms with Gasteiger partial charge < -0.3 is 4.42 Å². The van der Waals surface area contributed by atoms with Gasteiger partial charge in [-0.1, -0.05) is 133 Å². The second kappa shape index (κ2) is 11.6. The van der Waals surface area contributed by atoms with Gasteiger partial charge in [-0.05, 0) is 52.6 Å². The third kappa shape index (κ3) is 4.79. The van der Waals surface area contributed by atoms with Crippen molar-refractivity contribution in [1.82, 2.24) is 15.0 Å². The zero-order valence-corrected chi connectivity index (χ0v) is 27.6. The average Bonchev–Trinajstić information content (AvgIpc) is 3.77. The molecule has 50 heavy (non-hydrogen) atoms. The molecule has 0 fully saturated rings. The Labute approximate surface area is 292 Å². The minimum Gasteiger partial charge on any atom is -0.455 e. The van der Waals surface area contributed by atoms with Crippen LogP contribution in [0.2, 0.25) is 0 Å². The number of thiophene rings is 1. The molecule has 5 heteroatoms. The molecule has 0 N–H and O–H groups in total. The highest BCUT2D eigenvalue weighted by molar-refractivity contribution is 7.26. The first-order valence-electron chi connectivity index (χ1n) is 16.6. The summed E-state index contributed by atoms with van der Waals surface area (Å²) in [5, 5.41) is 4.44. The van der Waals surface area contributed by atoms with Crippen LogP contribution in [-0.2, 0) is 0 Å². The lowest BCUT2D eigenvalue weighted by atomic mass is 9.98. The monoisotopic (exact) mass is 657 g/mol. The lowest BCUT2D eigenvalue weighted by Crippen LogP contribution is -2.00. The van der Waals surface area contributed by atoms with Crippen molar-refractivity contribution < 1.29 is 4.42 Å². The number of hydrogen-bond acceptors (Lipinski definition) is 5. The number of aromatic nitrogens is 3. The van der Waals surface area contributed by atoms with Gasteiger partial charge in [0.1, 0.15) is 11.2 Å². The Morgan fingerprint density at radius 2 is 0.960 bits per heavy atom. The molecule has 0 atom stereocenters. The van der Waals surface area contributed by atoms with Crippen molar-refractivity contribution in [2.75, 3.05) is 0 Å². The predicted molar refractivity (Wildman–Crippen MR) is 207 cm³/mol. The van der Waals surface area contributed by atoms with E-state index in [1.165, 1.54) is 37.0 Å².